The van der Waals surface area contributed by atoms with Crippen LogP contribution in [-0.2, 0) is 0 Å². The molecule has 0 aromatic heterocycles. The summed E-state index contributed by atoms with van der Waals surface area (Å²) in [6, 6.07) is 4.23. The van der Waals surface area contributed by atoms with Crippen LogP contribution < -0.4 is 5.32 Å². The van der Waals surface area contributed by atoms with Crippen molar-refractivity contribution in [3.8, 4) is 0 Å². The first-order chi connectivity index (χ1) is 8.77. The first kappa shape index (κ1) is 16.0. The number of hydrogen-bond acceptors (Lipinski definition) is 3. The van der Waals surface area contributed by atoms with Crippen molar-refractivity contribution < 1.29 is 14.3 Å². The van der Waals surface area contributed by atoms with E-state index in [2.05, 4.69) is 5.32 Å². The predicted octanol–water partition coefficient (Wildman–Crippen LogP) is 2.68. The molecule has 1 aromatic rings. The number of aliphatic hydroxyl groups is 1. The minimum atomic E-state index is -0.960. The molecule has 0 aliphatic heterocycles. The average Bonchev–Trinajstić information content (AvgIpc) is 2.36. The fraction of sp³-hybridized carbons (Fsp3) is 0.500. The summed E-state index contributed by atoms with van der Waals surface area (Å²) < 4.78 is 13.3. The molecule has 19 heavy (non-hydrogen) atoms. The topological polar surface area (TPSA) is 49.3 Å². The van der Waals surface area contributed by atoms with E-state index >= 15 is 0 Å². The Morgan fingerprint density at radius 2 is 2.16 bits per heavy atom. The number of carbonyl (C=O) groups is 1. The van der Waals surface area contributed by atoms with Crippen LogP contribution in [0.2, 0.25) is 0 Å². The van der Waals surface area contributed by atoms with Gasteiger partial charge in [0.1, 0.15) is 5.82 Å². The summed E-state index contributed by atoms with van der Waals surface area (Å²) in [5, 5.41) is 12.7. The molecule has 2 N–H and O–H groups in total. The molecule has 1 atom stereocenters. The highest BCUT2D eigenvalue weighted by Crippen LogP contribution is 2.20. The molecule has 3 nitrogen and oxygen atoms in total. The number of hydrogen-bond donors (Lipinski definition) is 2. The third-order valence-corrected chi connectivity index (χ3v) is 4.02. The van der Waals surface area contributed by atoms with Crippen molar-refractivity contribution in [1.29, 1.82) is 0 Å². The third-order valence-electron chi connectivity index (χ3n) is 3.26. The van der Waals surface area contributed by atoms with Gasteiger partial charge in [0, 0.05) is 17.0 Å². The lowest BCUT2D eigenvalue weighted by Gasteiger charge is -2.27. The zero-order valence-electron chi connectivity index (χ0n) is 11.7. The third kappa shape index (κ3) is 4.21. The normalized spacial score (nSPS) is 14.3. The van der Waals surface area contributed by atoms with Crippen LogP contribution in [0.3, 0.4) is 0 Å². The van der Waals surface area contributed by atoms with Gasteiger partial charge in [-0.1, -0.05) is 13.8 Å². The zero-order valence-corrected chi connectivity index (χ0v) is 12.5. The molecule has 5 heteroatoms. The molecule has 0 saturated heterocycles. The van der Waals surface area contributed by atoms with Crippen molar-refractivity contribution in [2.24, 2.45) is 5.92 Å². The maximum absolute atomic E-state index is 13.3. The van der Waals surface area contributed by atoms with E-state index in [0.717, 1.165) is 0 Å². The van der Waals surface area contributed by atoms with Crippen molar-refractivity contribution in [1.82, 2.24) is 5.32 Å². The smallest absolute Gasteiger partial charge is 0.251 e. The van der Waals surface area contributed by atoms with Gasteiger partial charge in [-0.25, -0.2) is 4.39 Å². The predicted molar refractivity (Wildman–Crippen MR) is 76.0 cm³/mol. The molecule has 1 unspecified atom stereocenters. The van der Waals surface area contributed by atoms with Gasteiger partial charge in [-0.05, 0) is 37.3 Å². The van der Waals surface area contributed by atoms with E-state index in [1.807, 2.05) is 13.8 Å². The van der Waals surface area contributed by atoms with Crippen molar-refractivity contribution in [2.45, 2.75) is 31.3 Å². The number of nitrogens with one attached hydrogen (secondary N) is 1. The van der Waals surface area contributed by atoms with Crippen molar-refractivity contribution in [3.63, 3.8) is 0 Å². The number of carbonyl (C=O) groups excluding carboxylic acids is 1. The lowest BCUT2D eigenvalue weighted by molar-refractivity contribution is 0.0142. The average molecular weight is 285 g/mol. The second-order valence-corrected chi connectivity index (χ2v) is 5.89. The van der Waals surface area contributed by atoms with E-state index in [1.165, 1.54) is 30.0 Å². The summed E-state index contributed by atoms with van der Waals surface area (Å²) in [6.07, 6.45) is 1.75. The zero-order chi connectivity index (χ0) is 14.6. The van der Waals surface area contributed by atoms with Crippen molar-refractivity contribution in [2.75, 3.05) is 12.8 Å². The van der Waals surface area contributed by atoms with Crippen LogP contribution in [0.25, 0.3) is 0 Å². The van der Waals surface area contributed by atoms with Crippen LogP contribution in [0.5, 0.6) is 0 Å². The van der Waals surface area contributed by atoms with E-state index in [9.17, 15) is 14.3 Å². The molecule has 0 radical (unpaired) electrons. The molecular formula is C14H20FNO2S. The van der Waals surface area contributed by atoms with E-state index in [4.69, 9.17) is 0 Å². The molecule has 1 rings (SSSR count). The Hall–Kier alpha value is -1.07. The Bertz CT molecular complexity index is 461. The maximum Gasteiger partial charge on any atom is 0.251 e. The van der Waals surface area contributed by atoms with Gasteiger partial charge in [0.15, 0.2) is 0 Å². The van der Waals surface area contributed by atoms with Gasteiger partial charge in [0.25, 0.3) is 5.91 Å². The van der Waals surface area contributed by atoms with Crippen LogP contribution in [-0.4, -0.2) is 29.4 Å². The molecule has 0 saturated carbocycles. The second kappa shape index (κ2) is 6.39. The van der Waals surface area contributed by atoms with Gasteiger partial charge in [-0.2, -0.15) is 0 Å². The summed E-state index contributed by atoms with van der Waals surface area (Å²) in [6.45, 7) is 5.61. The van der Waals surface area contributed by atoms with Gasteiger partial charge in [0.2, 0.25) is 0 Å². The van der Waals surface area contributed by atoms with Crippen LogP contribution >= 0.6 is 11.8 Å². The summed E-state index contributed by atoms with van der Waals surface area (Å²) >= 11 is 1.25. The monoisotopic (exact) mass is 285 g/mol. The van der Waals surface area contributed by atoms with E-state index in [-0.39, 0.29) is 24.2 Å². The van der Waals surface area contributed by atoms with Gasteiger partial charge in [-0.3, -0.25) is 4.79 Å². The fourth-order valence-electron chi connectivity index (χ4n) is 1.37. The van der Waals surface area contributed by atoms with Crippen LogP contribution in [0.15, 0.2) is 23.1 Å². The number of benzene rings is 1. The number of thioether (sulfide) groups is 1. The standard InChI is InChI=1S/C14H20FNO2S/c1-9(2)14(3,18)8-16-13(17)10-5-6-11(15)12(7-10)19-4/h5-7,9,18H,8H2,1-4H3,(H,16,17). The summed E-state index contributed by atoms with van der Waals surface area (Å²) in [5.74, 6) is -0.614. The number of halogens is 1. The number of rotatable bonds is 5. The molecule has 0 bridgehead atoms. The van der Waals surface area contributed by atoms with Gasteiger partial charge in [-0.15, -0.1) is 11.8 Å². The largest absolute Gasteiger partial charge is 0.388 e. The Balaban J connectivity index is 2.74. The Kier molecular flexibility index (Phi) is 5.38. The number of amides is 1. The summed E-state index contributed by atoms with van der Waals surface area (Å²) in [7, 11) is 0. The minimum Gasteiger partial charge on any atom is -0.388 e. The molecule has 0 aliphatic rings. The molecular weight excluding hydrogens is 265 g/mol. The highest BCUT2D eigenvalue weighted by Gasteiger charge is 2.25. The quantitative estimate of drug-likeness (QED) is 0.818. The van der Waals surface area contributed by atoms with E-state index in [0.29, 0.717) is 10.5 Å². The van der Waals surface area contributed by atoms with Crippen molar-refractivity contribution in [3.05, 3.63) is 29.6 Å². The highest BCUT2D eigenvalue weighted by molar-refractivity contribution is 7.98. The van der Waals surface area contributed by atoms with E-state index < -0.39 is 5.60 Å². The van der Waals surface area contributed by atoms with Crippen LogP contribution in [0.1, 0.15) is 31.1 Å². The van der Waals surface area contributed by atoms with E-state index in [1.54, 1.807) is 13.2 Å². The first-order valence-electron chi connectivity index (χ1n) is 6.12. The van der Waals surface area contributed by atoms with Crippen LogP contribution in [0.4, 0.5) is 4.39 Å². The fourth-order valence-corrected chi connectivity index (χ4v) is 1.87. The molecule has 0 spiro atoms. The lowest BCUT2D eigenvalue weighted by Crippen LogP contribution is -2.44. The molecule has 0 heterocycles. The second-order valence-electron chi connectivity index (χ2n) is 5.04. The molecule has 1 aromatic carbocycles. The Morgan fingerprint density at radius 3 is 2.68 bits per heavy atom. The molecule has 106 valence electrons. The lowest BCUT2D eigenvalue weighted by atomic mass is 9.92. The molecule has 0 aliphatic carbocycles. The van der Waals surface area contributed by atoms with Gasteiger partial charge in [0.05, 0.1) is 5.60 Å². The molecule has 0 fully saturated rings. The first-order valence-corrected chi connectivity index (χ1v) is 7.34. The SMILES string of the molecule is CSc1cc(C(=O)NCC(C)(O)C(C)C)ccc1F. The Morgan fingerprint density at radius 1 is 1.53 bits per heavy atom. The minimum absolute atomic E-state index is 0.0303. The highest BCUT2D eigenvalue weighted by atomic mass is 32.2. The van der Waals surface area contributed by atoms with Crippen molar-refractivity contribution >= 4 is 17.7 Å². The summed E-state index contributed by atoms with van der Waals surface area (Å²) in [4.78, 5) is 12.4. The molecule has 1 amide bonds. The van der Waals surface area contributed by atoms with Crippen LogP contribution in [0, 0.1) is 11.7 Å². The Labute approximate surface area is 117 Å². The van der Waals surface area contributed by atoms with Gasteiger partial charge < -0.3 is 10.4 Å². The van der Waals surface area contributed by atoms with Gasteiger partial charge >= 0.3 is 0 Å². The maximum atomic E-state index is 13.3. The summed E-state index contributed by atoms with van der Waals surface area (Å²) in [5.41, 5.74) is -0.566.